The van der Waals surface area contributed by atoms with E-state index in [-0.39, 0.29) is 58.4 Å². The molecular weight excluding hydrogens is 193 g/mol. The van der Waals surface area contributed by atoms with Crippen LogP contribution in [0.5, 0.6) is 0 Å². The van der Waals surface area contributed by atoms with Gasteiger partial charge in [-0.25, -0.2) is 0 Å². The van der Waals surface area contributed by atoms with Crippen LogP contribution in [0.15, 0.2) is 0 Å². The smallest absolute Gasteiger partial charge is 0 e. The van der Waals surface area contributed by atoms with Gasteiger partial charge < -0.3 is 0 Å². The average molecular weight is 195 g/mol. The first-order valence-electron chi connectivity index (χ1n) is 0. The molecule has 0 atom stereocenters. The van der Waals surface area contributed by atoms with E-state index in [1.54, 1.807) is 0 Å². The molecule has 0 aromatic carbocycles. The van der Waals surface area contributed by atoms with E-state index in [1.165, 1.54) is 0 Å². The fourth-order valence-electron chi connectivity index (χ4n) is 0. The predicted molar refractivity (Wildman–Crippen MR) is 14.5 cm³/mol. The molecule has 0 bridgehead atoms. The minimum atomic E-state index is 0. The van der Waals surface area contributed by atoms with Gasteiger partial charge in [0.1, 0.15) is 0 Å². The van der Waals surface area contributed by atoms with Crippen molar-refractivity contribution < 1.29 is 33.6 Å². The van der Waals surface area contributed by atoms with Gasteiger partial charge in [0.05, 0.1) is 0 Å². The van der Waals surface area contributed by atoms with E-state index in [1.807, 2.05) is 0 Å². The molecular formula is H2Cl2CuNi. The summed E-state index contributed by atoms with van der Waals surface area (Å²) in [5.41, 5.74) is 0. The largest absolute Gasteiger partial charge is 0.147 e. The zero-order chi connectivity index (χ0) is 0. The van der Waals surface area contributed by atoms with E-state index < -0.39 is 0 Å². The van der Waals surface area contributed by atoms with E-state index in [0.717, 1.165) is 0 Å². The first kappa shape index (κ1) is 46.5. The second-order valence-electron chi connectivity index (χ2n) is 0. The molecule has 0 rings (SSSR count). The van der Waals surface area contributed by atoms with Crippen molar-refractivity contribution in [1.29, 1.82) is 0 Å². The van der Waals surface area contributed by atoms with Gasteiger partial charge in [-0.1, -0.05) is 0 Å². The van der Waals surface area contributed by atoms with Crippen molar-refractivity contribution in [1.82, 2.24) is 0 Å². The summed E-state index contributed by atoms with van der Waals surface area (Å²) in [6.07, 6.45) is 0. The van der Waals surface area contributed by atoms with Crippen molar-refractivity contribution in [3.8, 4) is 0 Å². The molecule has 4 heteroatoms. The summed E-state index contributed by atoms with van der Waals surface area (Å²) < 4.78 is 0. The Bertz CT molecular complexity index is 6.00. The third-order valence-electron chi connectivity index (χ3n) is 0. The Morgan fingerprint density at radius 2 is 0.750 bits per heavy atom. The minimum absolute atomic E-state index is 0. The van der Waals surface area contributed by atoms with Crippen molar-refractivity contribution >= 4 is 24.8 Å². The molecule has 0 nitrogen and oxygen atoms in total. The van der Waals surface area contributed by atoms with Gasteiger partial charge in [0.2, 0.25) is 0 Å². The molecule has 0 unspecified atom stereocenters. The third-order valence-corrected chi connectivity index (χ3v) is 0. The molecule has 0 aromatic rings. The maximum Gasteiger partial charge on any atom is 0 e. The molecule has 0 aliphatic carbocycles. The first-order chi connectivity index (χ1) is 0. The Hall–Kier alpha value is 1.59. The summed E-state index contributed by atoms with van der Waals surface area (Å²) >= 11 is 0. The summed E-state index contributed by atoms with van der Waals surface area (Å²) in [6, 6.07) is 0. The SMILES string of the molecule is Cl.Cl.[Cu].[Ni]. The van der Waals surface area contributed by atoms with Crippen molar-refractivity contribution in [3.63, 3.8) is 0 Å². The van der Waals surface area contributed by atoms with Gasteiger partial charge in [-0.15, -0.1) is 24.8 Å². The Kier molecular flexibility index (Phi) is 272. The Morgan fingerprint density at radius 3 is 0.750 bits per heavy atom. The molecule has 0 spiro atoms. The second kappa shape index (κ2) is 23.4. The summed E-state index contributed by atoms with van der Waals surface area (Å²) in [6.45, 7) is 0. The van der Waals surface area contributed by atoms with Crippen LogP contribution in [0, 0.1) is 0 Å². The molecule has 0 aliphatic heterocycles. The molecule has 0 saturated carbocycles. The van der Waals surface area contributed by atoms with E-state index in [9.17, 15) is 0 Å². The van der Waals surface area contributed by atoms with Gasteiger partial charge >= 0.3 is 0 Å². The number of hydrogen-bond donors (Lipinski definition) is 0. The van der Waals surface area contributed by atoms with E-state index in [2.05, 4.69) is 0 Å². The summed E-state index contributed by atoms with van der Waals surface area (Å²) in [5, 5.41) is 0. The number of hydrogen-bond acceptors (Lipinski definition) is 0. The molecule has 0 fully saturated rings. The van der Waals surface area contributed by atoms with Gasteiger partial charge in [-0.05, 0) is 0 Å². The van der Waals surface area contributed by atoms with Gasteiger partial charge in [0.15, 0.2) is 0 Å². The van der Waals surface area contributed by atoms with Crippen LogP contribution >= 0.6 is 24.8 Å². The van der Waals surface area contributed by atoms with E-state index in [4.69, 9.17) is 0 Å². The van der Waals surface area contributed by atoms with Crippen LogP contribution in [0.1, 0.15) is 0 Å². The van der Waals surface area contributed by atoms with Gasteiger partial charge in [-0.3, -0.25) is 0 Å². The van der Waals surface area contributed by atoms with Crippen LogP contribution in [-0.4, -0.2) is 0 Å². The van der Waals surface area contributed by atoms with Gasteiger partial charge in [0, 0.05) is 33.6 Å². The van der Waals surface area contributed by atoms with Crippen LogP contribution in [0.3, 0.4) is 0 Å². The fraction of sp³-hybridized carbons (Fsp3) is 0. The van der Waals surface area contributed by atoms with Crippen LogP contribution < -0.4 is 0 Å². The minimum Gasteiger partial charge on any atom is -0.147 e. The Labute approximate surface area is 58.3 Å². The van der Waals surface area contributed by atoms with E-state index >= 15 is 0 Å². The number of rotatable bonds is 0. The van der Waals surface area contributed by atoms with Crippen LogP contribution in [0.2, 0.25) is 0 Å². The molecule has 0 heterocycles. The zero-order valence-electron chi connectivity index (χ0n) is 1.43. The quantitative estimate of drug-likeness (QED) is 0.502. The summed E-state index contributed by atoms with van der Waals surface area (Å²) in [4.78, 5) is 0. The van der Waals surface area contributed by atoms with Crippen molar-refractivity contribution in [2.75, 3.05) is 0 Å². The molecule has 1 radical (unpaired) electrons. The monoisotopic (exact) mass is 193 g/mol. The molecule has 0 saturated heterocycles. The van der Waals surface area contributed by atoms with E-state index in [0.29, 0.717) is 0 Å². The third kappa shape index (κ3) is 9.52. The molecule has 37 valence electrons. The molecule has 4 heavy (non-hydrogen) atoms. The van der Waals surface area contributed by atoms with Gasteiger partial charge in [-0.2, -0.15) is 0 Å². The molecule has 0 N–H and O–H groups in total. The Morgan fingerprint density at radius 1 is 0.750 bits per heavy atom. The topological polar surface area (TPSA) is 0 Å². The van der Waals surface area contributed by atoms with Crippen LogP contribution in [0.4, 0.5) is 0 Å². The molecule has 0 aromatic heterocycles. The van der Waals surface area contributed by atoms with Crippen LogP contribution in [-0.2, 0) is 33.6 Å². The predicted octanol–water partition coefficient (Wildman–Crippen LogP) is 0.839. The molecule has 0 aliphatic rings. The summed E-state index contributed by atoms with van der Waals surface area (Å²) in [7, 11) is 0. The fourth-order valence-corrected chi connectivity index (χ4v) is 0. The molecule has 0 amide bonds. The van der Waals surface area contributed by atoms with Crippen molar-refractivity contribution in [3.05, 3.63) is 0 Å². The van der Waals surface area contributed by atoms with Crippen molar-refractivity contribution in [2.45, 2.75) is 0 Å². The normalized spacial score (nSPS) is 0. The standard InChI is InChI=1S/2ClH.Cu.Ni/h2*1H;;. The Balaban J connectivity index is 0. The van der Waals surface area contributed by atoms with Crippen molar-refractivity contribution in [2.24, 2.45) is 0 Å². The second-order valence-corrected chi connectivity index (χ2v) is 0. The maximum atomic E-state index is 0. The first-order valence-corrected chi connectivity index (χ1v) is 0. The number of halogens is 2. The summed E-state index contributed by atoms with van der Waals surface area (Å²) in [5.74, 6) is 0. The average Bonchev–Trinajstić information content (AvgIpc) is 0. The zero-order valence-corrected chi connectivity index (χ0v) is 5.00. The maximum absolute atomic E-state index is 0. The van der Waals surface area contributed by atoms with Crippen LogP contribution in [0.25, 0.3) is 0 Å². The van der Waals surface area contributed by atoms with Gasteiger partial charge in [0.25, 0.3) is 0 Å².